The molecule has 2 heterocycles. The fourth-order valence-electron chi connectivity index (χ4n) is 1.05. The van der Waals surface area contributed by atoms with E-state index in [0.29, 0.717) is 12.0 Å². The van der Waals surface area contributed by atoms with Crippen molar-refractivity contribution in [2.75, 3.05) is 0 Å². The molecule has 3 nitrogen and oxygen atoms in total. The Balaban J connectivity index is 2.18. The Morgan fingerprint density at radius 2 is 2.27 bits per heavy atom. The topological polar surface area (TPSA) is 42.9 Å². The molecule has 0 unspecified atom stereocenters. The second-order valence-corrected chi connectivity index (χ2v) is 7.09. The normalized spacial score (nSPS) is 10.5. The number of halogens is 2. The number of nitrogens with zero attached hydrogens (tertiary/aromatic N) is 2. The summed E-state index contributed by atoms with van der Waals surface area (Å²) in [5, 5.41) is 5.63. The molecule has 0 spiro atoms. The molecule has 0 aliphatic heterocycles. The molecule has 0 radical (unpaired) electrons. The van der Waals surface area contributed by atoms with Gasteiger partial charge in [0.2, 0.25) is 0 Å². The van der Waals surface area contributed by atoms with Gasteiger partial charge in [0.05, 0.1) is 19.7 Å². The standard InChI is InChI=1S/C8H4Br2N2OS2/c9-7-2-5(8(10)15-7)6(13)1-4-3-14-12-11-4/h2-3H,1H2. The van der Waals surface area contributed by atoms with E-state index in [2.05, 4.69) is 41.4 Å². The molecule has 0 fully saturated rings. The molecule has 0 saturated carbocycles. The number of Topliss-reactive ketones (excluding diaryl/α,β-unsaturated/α-hetero) is 1. The van der Waals surface area contributed by atoms with Gasteiger partial charge in [0.1, 0.15) is 0 Å². The van der Waals surface area contributed by atoms with Crippen molar-refractivity contribution < 1.29 is 4.79 Å². The van der Waals surface area contributed by atoms with Crippen LogP contribution in [-0.2, 0) is 6.42 Å². The van der Waals surface area contributed by atoms with E-state index >= 15 is 0 Å². The van der Waals surface area contributed by atoms with E-state index in [9.17, 15) is 4.79 Å². The molecule has 0 aromatic carbocycles. The van der Waals surface area contributed by atoms with Gasteiger partial charge in [0, 0.05) is 10.9 Å². The Labute approximate surface area is 111 Å². The van der Waals surface area contributed by atoms with Crippen molar-refractivity contribution in [3.05, 3.63) is 30.3 Å². The van der Waals surface area contributed by atoms with Crippen LogP contribution >= 0.6 is 54.7 Å². The summed E-state index contributed by atoms with van der Waals surface area (Å²) in [5.74, 6) is 0.0523. The number of thiophene rings is 1. The van der Waals surface area contributed by atoms with Crippen molar-refractivity contribution in [2.45, 2.75) is 6.42 Å². The molecule has 2 aromatic heterocycles. The molecule has 0 aliphatic carbocycles. The third kappa shape index (κ3) is 2.72. The summed E-state index contributed by atoms with van der Waals surface area (Å²) < 4.78 is 5.51. The highest BCUT2D eigenvalue weighted by Crippen LogP contribution is 2.32. The van der Waals surface area contributed by atoms with Gasteiger partial charge in [-0.15, -0.1) is 16.4 Å². The third-order valence-electron chi connectivity index (χ3n) is 1.70. The monoisotopic (exact) mass is 366 g/mol. The highest BCUT2D eigenvalue weighted by atomic mass is 79.9. The van der Waals surface area contributed by atoms with Crippen molar-refractivity contribution in [1.82, 2.24) is 9.59 Å². The predicted octanol–water partition coefficient (Wildman–Crippen LogP) is 3.55. The van der Waals surface area contributed by atoms with Crippen LogP contribution in [0.15, 0.2) is 19.0 Å². The summed E-state index contributed by atoms with van der Waals surface area (Å²) >= 11 is 9.44. The number of rotatable bonds is 3. The summed E-state index contributed by atoms with van der Waals surface area (Å²) in [7, 11) is 0. The number of hydrogen-bond donors (Lipinski definition) is 0. The van der Waals surface area contributed by atoms with Crippen molar-refractivity contribution in [3.63, 3.8) is 0 Å². The SMILES string of the molecule is O=C(Cc1csnn1)c1cc(Br)sc1Br. The van der Waals surface area contributed by atoms with E-state index in [0.717, 1.165) is 13.3 Å². The van der Waals surface area contributed by atoms with Crippen LogP contribution in [0.5, 0.6) is 0 Å². The quantitative estimate of drug-likeness (QED) is 0.779. The number of ketones is 1. The van der Waals surface area contributed by atoms with Gasteiger partial charge in [-0.25, -0.2) is 0 Å². The molecule has 78 valence electrons. The molecule has 0 aliphatic rings. The van der Waals surface area contributed by atoms with E-state index < -0.39 is 0 Å². The largest absolute Gasteiger partial charge is 0.294 e. The highest BCUT2D eigenvalue weighted by molar-refractivity contribution is 9.12. The lowest BCUT2D eigenvalue weighted by molar-refractivity contribution is 0.0991. The lowest BCUT2D eigenvalue weighted by Crippen LogP contribution is -2.03. The number of carbonyl (C=O) groups excluding carboxylic acids is 1. The maximum Gasteiger partial charge on any atom is 0.170 e. The molecule has 0 atom stereocenters. The maximum atomic E-state index is 11.8. The second kappa shape index (κ2) is 4.82. The van der Waals surface area contributed by atoms with Gasteiger partial charge in [0.25, 0.3) is 0 Å². The van der Waals surface area contributed by atoms with Gasteiger partial charge in [-0.05, 0) is 49.5 Å². The Morgan fingerprint density at radius 1 is 1.47 bits per heavy atom. The van der Waals surface area contributed by atoms with Crippen molar-refractivity contribution in [1.29, 1.82) is 0 Å². The highest BCUT2D eigenvalue weighted by Gasteiger charge is 2.15. The fraction of sp³-hybridized carbons (Fsp3) is 0.125. The molecule has 0 bridgehead atoms. The molecule has 15 heavy (non-hydrogen) atoms. The van der Waals surface area contributed by atoms with Crippen LogP contribution < -0.4 is 0 Å². The van der Waals surface area contributed by atoms with E-state index in [4.69, 9.17) is 0 Å². The molecular weight excluding hydrogens is 364 g/mol. The lowest BCUT2D eigenvalue weighted by atomic mass is 10.1. The molecule has 2 aromatic rings. The van der Waals surface area contributed by atoms with Crippen molar-refractivity contribution >= 4 is 60.5 Å². The smallest absolute Gasteiger partial charge is 0.170 e. The van der Waals surface area contributed by atoms with Gasteiger partial charge in [-0.3, -0.25) is 4.79 Å². The van der Waals surface area contributed by atoms with Crippen LogP contribution in [0.3, 0.4) is 0 Å². The molecule has 7 heteroatoms. The minimum absolute atomic E-state index is 0.0523. The summed E-state index contributed by atoms with van der Waals surface area (Å²) in [6.07, 6.45) is 0.304. The lowest BCUT2D eigenvalue weighted by Gasteiger charge is -1.94. The van der Waals surface area contributed by atoms with Gasteiger partial charge in [0.15, 0.2) is 5.78 Å². The Morgan fingerprint density at radius 3 is 2.80 bits per heavy atom. The average molecular weight is 368 g/mol. The van der Waals surface area contributed by atoms with Gasteiger partial charge >= 0.3 is 0 Å². The number of carbonyl (C=O) groups is 1. The molecule has 2 rings (SSSR count). The average Bonchev–Trinajstić information content (AvgIpc) is 2.75. The van der Waals surface area contributed by atoms with Gasteiger partial charge in [-0.2, -0.15) is 0 Å². The molecule has 0 amide bonds. The molecule has 0 N–H and O–H groups in total. The minimum atomic E-state index is 0.0523. The zero-order chi connectivity index (χ0) is 10.8. The van der Waals surface area contributed by atoms with Gasteiger partial charge in [-0.1, -0.05) is 4.49 Å². The zero-order valence-corrected chi connectivity index (χ0v) is 12.0. The van der Waals surface area contributed by atoms with Crippen LogP contribution in [0.4, 0.5) is 0 Å². The van der Waals surface area contributed by atoms with Crippen molar-refractivity contribution in [3.8, 4) is 0 Å². The van der Waals surface area contributed by atoms with E-state index in [-0.39, 0.29) is 5.78 Å². The first kappa shape index (κ1) is 11.4. The first-order chi connectivity index (χ1) is 7.16. The van der Waals surface area contributed by atoms with Crippen LogP contribution in [-0.4, -0.2) is 15.4 Å². The van der Waals surface area contributed by atoms with Crippen molar-refractivity contribution in [2.24, 2.45) is 0 Å². The molecular formula is C8H4Br2N2OS2. The second-order valence-electron chi connectivity index (χ2n) is 2.73. The number of hydrogen-bond acceptors (Lipinski definition) is 5. The number of aromatic nitrogens is 2. The summed E-state index contributed by atoms with van der Waals surface area (Å²) in [4.78, 5) is 11.8. The fourth-order valence-corrected chi connectivity index (χ4v) is 4.36. The Kier molecular flexibility index (Phi) is 3.65. The van der Waals surface area contributed by atoms with Crippen LogP contribution in [0.25, 0.3) is 0 Å². The summed E-state index contributed by atoms with van der Waals surface area (Å²) in [6, 6.07) is 1.82. The first-order valence-electron chi connectivity index (χ1n) is 3.91. The summed E-state index contributed by atoms with van der Waals surface area (Å²) in [5.41, 5.74) is 1.42. The zero-order valence-electron chi connectivity index (χ0n) is 7.24. The Bertz CT molecular complexity index is 481. The first-order valence-corrected chi connectivity index (χ1v) is 7.14. The van der Waals surface area contributed by atoms with Crippen LogP contribution in [0, 0.1) is 0 Å². The van der Waals surface area contributed by atoms with Crippen LogP contribution in [0.2, 0.25) is 0 Å². The van der Waals surface area contributed by atoms with E-state index in [1.54, 1.807) is 5.38 Å². The van der Waals surface area contributed by atoms with Crippen LogP contribution in [0.1, 0.15) is 16.1 Å². The van der Waals surface area contributed by atoms with E-state index in [1.807, 2.05) is 6.07 Å². The maximum absolute atomic E-state index is 11.8. The summed E-state index contributed by atoms with van der Waals surface area (Å²) in [6.45, 7) is 0. The Hall–Kier alpha value is -0.110. The van der Waals surface area contributed by atoms with E-state index in [1.165, 1.54) is 22.9 Å². The third-order valence-corrected chi connectivity index (χ3v) is 4.60. The molecule has 0 saturated heterocycles. The van der Waals surface area contributed by atoms with Gasteiger partial charge < -0.3 is 0 Å². The predicted molar refractivity (Wildman–Crippen MR) is 67.7 cm³/mol. The minimum Gasteiger partial charge on any atom is -0.294 e.